The van der Waals surface area contributed by atoms with Crippen LogP contribution in [0.5, 0.6) is 0 Å². The molecule has 0 aromatic carbocycles. The molecule has 1 unspecified atom stereocenters. The summed E-state index contributed by atoms with van der Waals surface area (Å²) >= 11 is 4.62. The van der Waals surface area contributed by atoms with E-state index in [0.29, 0.717) is 4.88 Å². The molecule has 1 aromatic rings. The topological polar surface area (TPSA) is 72.8 Å². The average molecular weight is 319 g/mol. The Morgan fingerprint density at radius 1 is 1.65 bits per heavy atom. The molecule has 5 nitrogen and oxygen atoms in total. The van der Waals surface area contributed by atoms with Gasteiger partial charge in [-0.25, -0.2) is 4.79 Å². The Bertz CT molecular complexity index is 521. The first-order valence-electron chi connectivity index (χ1n) is 4.52. The Hall–Kier alpha value is -1.34. The van der Waals surface area contributed by atoms with Crippen LogP contribution in [0.3, 0.4) is 0 Å². The van der Waals surface area contributed by atoms with Crippen molar-refractivity contribution in [3.8, 4) is 0 Å². The zero-order chi connectivity index (χ0) is 12.6. The van der Waals surface area contributed by atoms with Gasteiger partial charge < -0.3 is 14.6 Å². The van der Waals surface area contributed by atoms with Gasteiger partial charge in [-0.1, -0.05) is 0 Å². The molecular formula is C10H7BrO5S. The highest BCUT2D eigenvalue weighted by Gasteiger charge is 2.44. The minimum atomic E-state index is -1.51. The van der Waals surface area contributed by atoms with Crippen LogP contribution in [-0.4, -0.2) is 17.0 Å². The first-order valence-corrected chi connectivity index (χ1v) is 6.19. The van der Waals surface area contributed by atoms with Crippen LogP contribution < -0.4 is 0 Å². The normalized spacial score (nSPS) is 23.2. The molecule has 0 radical (unpaired) electrons. The second kappa shape index (κ2) is 4.15. The molecule has 0 bridgehead atoms. The van der Waals surface area contributed by atoms with Crippen LogP contribution in [0.1, 0.15) is 11.8 Å². The predicted molar refractivity (Wildman–Crippen MR) is 62.7 cm³/mol. The summed E-state index contributed by atoms with van der Waals surface area (Å²) in [5.74, 6) is -0.641. The number of halogens is 1. The van der Waals surface area contributed by atoms with Crippen molar-refractivity contribution < 1.29 is 24.2 Å². The van der Waals surface area contributed by atoms with Crippen LogP contribution in [0, 0.1) is 0 Å². The molecule has 1 aliphatic heterocycles. The molecule has 0 saturated heterocycles. The lowest BCUT2D eigenvalue weighted by atomic mass is 10.0. The van der Waals surface area contributed by atoms with E-state index in [1.807, 2.05) is 5.38 Å². The van der Waals surface area contributed by atoms with Crippen molar-refractivity contribution in [1.82, 2.24) is 0 Å². The Labute approximate surface area is 109 Å². The molecule has 0 amide bonds. The summed E-state index contributed by atoms with van der Waals surface area (Å²) in [6.45, 7) is 1.57. The van der Waals surface area contributed by atoms with Gasteiger partial charge in [0, 0.05) is 9.85 Å². The first kappa shape index (κ1) is 12.1. The standard InChI is InChI=1S/C10H7BrO5S/c1-10(7-2-5(11)4-17-7)6(12)3-8(16-10)15-9(13)14/h2-4H,1H3,(H,13,14). The molecule has 2 rings (SSSR count). The molecule has 0 spiro atoms. The Morgan fingerprint density at radius 2 is 2.35 bits per heavy atom. The van der Waals surface area contributed by atoms with Crippen LogP contribution >= 0.6 is 27.3 Å². The first-order chi connectivity index (χ1) is 7.91. The number of hydrogen-bond donors (Lipinski definition) is 1. The number of carbonyl (C=O) groups is 2. The number of carbonyl (C=O) groups excluding carboxylic acids is 1. The monoisotopic (exact) mass is 318 g/mol. The van der Waals surface area contributed by atoms with Crippen molar-refractivity contribution in [2.45, 2.75) is 12.5 Å². The van der Waals surface area contributed by atoms with E-state index < -0.39 is 11.8 Å². The van der Waals surface area contributed by atoms with Gasteiger partial charge in [0.25, 0.3) is 5.95 Å². The van der Waals surface area contributed by atoms with Crippen molar-refractivity contribution in [2.75, 3.05) is 0 Å². The minimum Gasteiger partial charge on any atom is -0.449 e. The van der Waals surface area contributed by atoms with Crippen LogP contribution in [-0.2, 0) is 19.9 Å². The third-order valence-corrected chi connectivity index (χ3v) is 4.14. The number of rotatable bonds is 2. The van der Waals surface area contributed by atoms with Crippen molar-refractivity contribution in [3.05, 3.63) is 32.8 Å². The van der Waals surface area contributed by atoms with E-state index >= 15 is 0 Å². The third kappa shape index (κ3) is 2.20. The van der Waals surface area contributed by atoms with Gasteiger partial charge >= 0.3 is 6.16 Å². The maximum Gasteiger partial charge on any atom is 0.513 e. The van der Waals surface area contributed by atoms with Gasteiger partial charge in [-0.15, -0.1) is 11.3 Å². The summed E-state index contributed by atoms with van der Waals surface area (Å²) in [7, 11) is 0. The average Bonchev–Trinajstić information content (AvgIpc) is 2.73. The largest absolute Gasteiger partial charge is 0.513 e. The van der Waals surface area contributed by atoms with Crippen LogP contribution in [0.25, 0.3) is 0 Å². The van der Waals surface area contributed by atoms with Crippen molar-refractivity contribution in [2.24, 2.45) is 0 Å². The van der Waals surface area contributed by atoms with Gasteiger partial charge in [0.2, 0.25) is 11.4 Å². The van der Waals surface area contributed by atoms with E-state index in [1.54, 1.807) is 13.0 Å². The maximum atomic E-state index is 11.8. The Balaban J connectivity index is 2.25. The van der Waals surface area contributed by atoms with Crippen LogP contribution in [0.15, 0.2) is 27.9 Å². The molecule has 0 fully saturated rings. The quantitative estimate of drug-likeness (QED) is 0.849. The van der Waals surface area contributed by atoms with Gasteiger partial charge in [0.1, 0.15) is 0 Å². The number of thiophene rings is 1. The minimum absolute atomic E-state index is 0.297. The molecule has 1 aliphatic rings. The molecule has 90 valence electrons. The molecule has 2 heterocycles. The second-order valence-electron chi connectivity index (χ2n) is 3.46. The summed E-state index contributed by atoms with van der Waals surface area (Å²) in [6, 6.07) is 1.75. The van der Waals surface area contributed by atoms with E-state index in [1.165, 1.54) is 11.3 Å². The van der Waals surface area contributed by atoms with Crippen molar-refractivity contribution >= 4 is 39.2 Å². The highest BCUT2D eigenvalue weighted by atomic mass is 79.9. The summed E-state index contributed by atoms with van der Waals surface area (Å²) in [5.41, 5.74) is -1.21. The van der Waals surface area contributed by atoms with Gasteiger partial charge in [0.15, 0.2) is 0 Å². The van der Waals surface area contributed by atoms with Crippen molar-refractivity contribution in [3.63, 3.8) is 0 Å². The lowest BCUT2D eigenvalue weighted by molar-refractivity contribution is -0.132. The Kier molecular flexibility index (Phi) is 2.96. The van der Waals surface area contributed by atoms with Gasteiger partial charge in [-0.2, -0.15) is 0 Å². The SMILES string of the molecule is CC1(c2cc(Br)cs2)OC(OC(=O)O)=CC1=O. The lowest BCUT2D eigenvalue weighted by Gasteiger charge is -2.21. The van der Waals surface area contributed by atoms with E-state index in [-0.39, 0.29) is 11.7 Å². The molecule has 1 N–H and O–H groups in total. The zero-order valence-electron chi connectivity index (χ0n) is 8.60. The molecule has 7 heteroatoms. The molecule has 1 atom stereocenters. The maximum absolute atomic E-state index is 11.8. The molecular weight excluding hydrogens is 312 g/mol. The predicted octanol–water partition coefficient (Wildman–Crippen LogP) is 2.86. The van der Waals surface area contributed by atoms with Gasteiger partial charge in [-0.3, -0.25) is 4.79 Å². The highest BCUT2D eigenvalue weighted by Crippen LogP contribution is 2.39. The zero-order valence-corrected chi connectivity index (χ0v) is 11.0. The number of ketones is 1. The Morgan fingerprint density at radius 3 is 2.88 bits per heavy atom. The van der Waals surface area contributed by atoms with E-state index in [2.05, 4.69) is 20.7 Å². The number of hydrogen-bond acceptors (Lipinski definition) is 5. The fraction of sp³-hybridized carbons (Fsp3) is 0.200. The fourth-order valence-electron chi connectivity index (χ4n) is 1.40. The van der Waals surface area contributed by atoms with Crippen LogP contribution in [0.2, 0.25) is 0 Å². The number of carboxylic acid groups (broad SMARTS) is 1. The summed E-state index contributed by atoms with van der Waals surface area (Å²) in [6.07, 6.45) is -0.470. The molecule has 17 heavy (non-hydrogen) atoms. The second-order valence-corrected chi connectivity index (χ2v) is 5.29. The van der Waals surface area contributed by atoms with E-state index in [9.17, 15) is 9.59 Å². The summed E-state index contributed by atoms with van der Waals surface area (Å²) in [4.78, 5) is 22.8. The smallest absolute Gasteiger partial charge is 0.449 e. The van der Waals surface area contributed by atoms with Gasteiger partial charge in [-0.05, 0) is 28.9 Å². The molecule has 0 saturated carbocycles. The lowest BCUT2D eigenvalue weighted by Crippen LogP contribution is -2.28. The summed E-state index contributed by atoms with van der Waals surface area (Å²) < 4.78 is 10.4. The molecule has 1 aromatic heterocycles. The van der Waals surface area contributed by atoms with Crippen molar-refractivity contribution in [1.29, 1.82) is 0 Å². The molecule has 0 aliphatic carbocycles. The number of ether oxygens (including phenoxy) is 2. The third-order valence-electron chi connectivity index (χ3n) is 2.25. The summed E-state index contributed by atoms with van der Waals surface area (Å²) in [5, 5.41) is 10.3. The van der Waals surface area contributed by atoms with Gasteiger partial charge in [0.05, 0.1) is 11.0 Å². The van der Waals surface area contributed by atoms with E-state index in [4.69, 9.17) is 9.84 Å². The highest BCUT2D eigenvalue weighted by molar-refractivity contribution is 9.10. The fourth-order valence-corrected chi connectivity index (χ4v) is 2.93. The van der Waals surface area contributed by atoms with Crippen LogP contribution in [0.4, 0.5) is 4.79 Å². The van der Waals surface area contributed by atoms with E-state index in [0.717, 1.165) is 10.5 Å².